The van der Waals surface area contributed by atoms with E-state index in [0.717, 1.165) is 11.1 Å². The summed E-state index contributed by atoms with van der Waals surface area (Å²) in [5.74, 6) is 1.32. The molecule has 0 aliphatic carbocycles. The average molecular weight is 316 g/mol. The van der Waals surface area contributed by atoms with Crippen molar-refractivity contribution in [2.75, 3.05) is 0 Å². The summed E-state index contributed by atoms with van der Waals surface area (Å²) in [6.07, 6.45) is 6.58. The first-order chi connectivity index (χ1) is 10.7. The van der Waals surface area contributed by atoms with Crippen LogP contribution in [0.3, 0.4) is 0 Å². The lowest BCUT2D eigenvalue weighted by Crippen LogP contribution is -2.06. The van der Waals surface area contributed by atoms with Crippen molar-refractivity contribution in [2.45, 2.75) is 20.1 Å². The first kappa shape index (κ1) is 14.5. The Labute approximate surface area is 132 Å². The van der Waals surface area contributed by atoms with Crippen molar-refractivity contribution in [1.82, 2.24) is 24.7 Å². The Morgan fingerprint density at radius 2 is 2.05 bits per heavy atom. The fraction of sp³-hybridized carbons (Fsp3) is 0.200. The van der Waals surface area contributed by atoms with Gasteiger partial charge in [-0.15, -0.1) is 0 Å². The van der Waals surface area contributed by atoms with Gasteiger partial charge in [0.1, 0.15) is 37.4 Å². The number of aromatic nitrogens is 5. The van der Waals surface area contributed by atoms with Crippen LogP contribution in [-0.4, -0.2) is 24.7 Å². The molecule has 7 heteroatoms. The molecule has 112 valence electrons. The summed E-state index contributed by atoms with van der Waals surface area (Å²) >= 11 is 6.13. The molecule has 0 radical (unpaired) electrons. The van der Waals surface area contributed by atoms with Gasteiger partial charge in [0.2, 0.25) is 0 Å². The zero-order chi connectivity index (χ0) is 15.4. The lowest BCUT2D eigenvalue weighted by Gasteiger charge is -2.08. The molecule has 0 fully saturated rings. The van der Waals surface area contributed by atoms with Crippen molar-refractivity contribution in [3.8, 4) is 5.75 Å². The van der Waals surface area contributed by atoms with Crippen LogP contribution in [-0.2, 0) is 13.2 Å². The van der Waals surface area contributed by atoms with Gasteiger partial charge in [-0.2, -0.15) is 5.10 Å². The number of halogens is 1. The van der Waals surface area contributed by atoms with Crippen LogP contribution in [0.25, 0.3) is 0 Å². The maximum atomic E-state index is 6.13. The minimum Gasteiger partial charge on any atom is -0.487 e. The van der Waals surface area contributed by atoms with Crippen molar-refractivity contribution in [1.29, 1.82) is 0 Å². The highest BCUT2D eigenvalue weighted by Crippen LogP contribution is 2.25. The Morgan fingerprint density at radius 3 is 2.73 bits per heavy atom. The predicted octanol–water partition coefficient (Wildman–Crippen LogP) is 2.66. The van der Waals surface area contributed by atoms with Gasteiger partial charge in [0.25, 0.3) is 0 Å². The van der Waals surface area contributed by atoms with E-state index in [1.54, 1.807) is 23.4 Å². The Balaban J connectivity index is 1.61. The van der Waals surface area contributed by atoms with E-state index in [1.165, 1.54) is 6.33 Å². The van der Waals surface area contributed by atoms with E-state index in [2.05, 4.69) is 20.1 Å². The molecule has 22 heavy (non-hydrogen) atoms. The highest BCUT2D eigenvalue weighted by atomic mass is 35.5. The molecule has 6 nitrogen and oxygen atoms in total. The maximum Gasteiger partial charge on any atom is 0.149 e. The Morgan fingerprint density at radius 1 is 1.23 bits per heavy atom. The molecule has 2 aromatic heterocycles. The largest absolute Gasteiger partial charge is 0.487 e. The molecular weight excluding hydrogens is 302 g/mol. The van der Waals surface area contributed by atoms with Crippen LogP contribution in [0.5, 0.6) is 5.75 Å². The van der Waals surface area contributed by atoms with Crippen molar-refractivity contribution in [3.63, 3.8) is 0 Å². The topological polar surface area (TPSA) is 65.7 Å². The Bertz CT molecular complexity index is 743. The van der Waals surface area contributed by atoms with Crippen LogP contribution < -0.4 is 4.74 Å². The zero-order valence-corrected chi connectivity index (χ0v) is 12.7. The van der Waals surface area contributed by atoms with Gasteiger partial charge in [0.15, 0.2) is 0 Å². The van der Waals surface area contributed by atoms with Gasteiger partial charge < -0.3 is 4.74 Å². The summed E-state index contributed by atoms with van der Waals surface area (Å²) in [4.78, 5) is 12.5. The fourth-order valence-electron chi connectivity index (χ4n) is 1.88. The van der Waals surface area contributed by atoms with Gasteiger partial charge in [0.05, 0.1) is 5.02 Å². The molecule has 0 spiro atoms. The van der Waals surface area contributed by atoms with Gasteiger partial charge >= 0.3 is 0 Å². The minimum atomic E-state index is 0.367. The van der Waals surface area contributed by atoms with E-state index in [-0.39, 0.29) is 0 Å². The van der Waals surface area contributed by atoms with Gasteiger partial charge in [0, 0.05) is 18.0 Å². The second kappa shape index (κ2) is 6.53. The zero-order valence-electron chi connectivity index (χ0n) is 12.0. The molecule has 0 saturated carbocycles. The van der Waals surface area contributed by atoms with Crippen LogP contribution in [0.4, 0.5) is 0 Å². The first-order valence-corrected chi connectivity index (χ1v) is 7.09. The predicted molar refractivity (Wildman–Crippen MR) is 81.7 cm³/mol. The molecule has 0 aliphatic rings. The number of hydrogen-bond donors (Lipinski definition) is 0. The third-order valence-electron chi connectivity index (χ3n) is 3.01. The lowest BCUT2D eigenvalue weighted by molar-refractivity contribution is 0.305. The maximum absolute atomic E-state index is 6.13. The number of rotatable bonds is 5. The van der Waals surface area contributed by atoms with E-state index >= 15 is 0 Å². The van der Waals surface area contributed by atoms with Gasteiger partial charge in [-0.1, -0.05) is 17.7 Å². The van der Waals surface area contributed by atoms with Crippen molar-refractivity contribution in [2.24, 2.45) is 0 Å². The summed E-state index contributed by atoms with van der Waals surface area (Å²) in [7, 11) is 0. The third-order valence-corrected chi connectivity index (χ3v) is 3.31. The molecule has 0 N–H and O–H groups in total. The lowest BCUT2D eigenvalue weighted by atomic mass is 10.2. The molecular formula is C15H14ClN5O. The summed E-state index contributed by atoms with van der Waals surface area (Å²) in [5, 5.41) is 4.61. The molecule has 0 atom stereocenters. The molecule has 0 unspecified atom stereocenters. The Hall–Kier alpha value is -2.47. The molecule has 3 rings (SSSR count). The highest BCUT2D eigenvalue weighted by molar-refractivity contribution is 6.32. The molecule has 0 aliphatic heterocycles. The minimum absolute atomic E-state index is 0.367. The van der Waals surface area contributed by atoms with E-state index in [4.69, 9.17) is 16.3 Å². The van der Waals surface area contributed by atoms with Gasteiger partial charge in [-0.25, -0.2) is 19.6 Å². The highest BCUT2D eigenvalue weighted by Gasteiger charge is 2.04. The number of nitrogens with zero attached hydrogens (tertiary/aromatic N) is 5. The van der Waals surface area contributed by atoms with Gasteiger partial charge in [-0.05, 0) is 24.6 Å². The number of hydrogen-bond acceptors (Lipinski definition) is 5. The molecule has 2 heterocycles. The summed E-state index contributed by atoms with van der Waals surface area (Å²) < 4.78 is 7.35. The fourth-order valence-corrected chi connectivity index (χ4v) is 2.17. The Kier molecular flexibility index (Phi) is 4.29. The van der Waals surface area contributed by atoms with Crippen LogP contribution in [0.2, 0.25) is 5.02 Å². The van der Waals surface area contributed by atoms with Crippen LogP contribution in [0.15, 0.2) is 43.2 Å². The van der Waals surface area contributed by atoms with Crippen LogP contribution in [0.1, 0.15) is 17.0 Å². The second-order valence-corrected chi connectivity index (χ2v) is 5.23. The van der Waals surface area contributed by atoms with Gasteiger partial charge in [-0.3, -0.25) is 0 Å². The summed E-state index contributed by atoms with van der Waals surface area (Å²) in [6, 6.07) is 5.69. The third kappa shape index (κ3) is 3.59. The number of ether oxygens (including phenoxy) is 1. The number of aryl methyl sites for hydroxylation is 1. The van der Waals surface area contributed by atoms with Crippen molar-refractivity contribution < 1.29 is 4.74 Å². The SMILES string of the molecule is Cc1ccc(OCc2cnc(Cn3cncn3)nc2)c(Cl)c1. The van der Waals surface area contributed by atoms with E-state index in [9.17, 15) is 0 Å². The molecule has 0 amide bonds. The summed E-state index contributed by atoms with van der Waals surface area (Å²) in [6.45, 7) is 2.84. The monoisotopic (exact) mass is 315 g/mol. The normalized spacial score (nSPS) is 10.6. The second-order valence-electron chi connectivity index (χ2n) is 4.82. The molecule has 3 aromatic rings. The average Bonchev–Trinajstić information content (AvgIpc) is 3.01. The summed E-state index contributed by atoms with van der Waals surface area (Å²) in [5.41, 5.74) is 1.97. The molecule has 1 aromatic carbocycles. The quantitative estimate of drug-likeness (QED) is 0.724. The number of benzene rings is 1. The van der Waals surface area contributed by atoms with Crippen LogP contribution >= 0.6 is 11.6 Å². The first-order valence-electron chi connectivity index (χ1n) is 6.72. The molecule has 0 saturated heterocycles. The standard InChI is InChI=1S/C15H14ClN5O/c1-11-2-3-14(13(16)4-11)22-8-12-5-18-15(19-6-12)7-21-10-17-9-20-21/h2-6,9-10H,7-8H2,1H3. The molecule has 0 bridgehead atoms. The van der Waals surface area contributed by atoms with E-state index in [0.29, 0.717) is 29.7 Å². The van der Waals surface area contributed by atoms with Crippen molar-refractivity contribution >= 4 is 11.6 Å². The van der Waals surface area contributed by atoms with Crippen molar-refractivity contribution in [3.05, 3.63) is 65.2 Å². The van der Waals surface area contributed by atoms with E-state index in [1.807, 2.05) is 25.1 Å². The van der Waals surface area contributed by atoms with E-state index < -0.39 is 0 Å². The smallest absolute Gasteiger partial charge is 0.149 e. The van der Waals surface area contributed by atoms with Crippen LogP contribution in [0, 0.1) is 6.92 Å².